The maximum Gasteiger partial charge on any atom is 0.170 e. The van der Waals surface area contributed by atoms with Gasteiger partial charge in [-0.1, -0.05) is 5.16 Å². The Kier molecular flexibility index (Phi) is 3.06. The summed E-state index contributed by atoms with van der Waals surface area (Å²) in [5.41, 5.74) is 8.63. The lowest BCUT2D eigenvalue weighted by atomic mass is 10.1. The van der Waals surface area contributed by atoms with Crippen molar-refractivity contribution in [2.24, 2.45) is 10.9 Å². The maximum atomic E-state index is 8.74. The van der Waals surface area contributed by atoms with Gasteiger partial charge in [0.2, 0.25) is 0 Å². The molecule has 3 rings (SSSR count). The number of rotatable bonds is 2. The normalized spacial score (nSPS) is 26.8. The average molecular weight is 261 g/mol. The predicted molar refractivity (Wildman–Crippen MR) is 73.8 cm³/mol. The number of nitrogens with zero attached hydrogens (tertiary/aromatic N) is 2. The minimum Gasteiger partial charge on any atom is -0.409 e. The van der Waals surface area contributed by atoms with E-state index in [1.54, 1.807) is 0 Å². The summed E-state index contributed by atoms with van der Waals surface area (Å²) in [6, 6.07) is 6.04. The van der Waals surface area contributed by atoms with Crippen LogP contribution in [0.4, 0.5) is 5.69 Å². The molecule has 0 aliphatic carbocycles. The third-order valence-electron chi connectivity index (χ3n) is 4.00. The Hall–Kier alpha value is -1.75. The summed E-state index contributed by atoms with van der Waals surface area (Å²) < 4.78 is 5.84. The lowest BCUT2D eigenvalue weighted by Gasteiger charge is -2.34. The first-order valence-corrected chi connectivity index (χ1v) is 6.66. The van der Waals surface area contributed by atoms with Crippen molar-refractivity contribution < 1.29 is 9.94 Å². The second-order valence-corrected chi connectivity index (χ2v) is 5.35. The van der Waals surface area contributed by atoms with Gasteiger partial charge in [-0.25, -0.2) is 0 Å². The lowest BCUT2D eigenvalue weighted by molar-refractivity contribution is 0.0305. The molecule has 2 heterocycles. The second-order valence-electron chi connectivity index (χ2n) is 5.35. The number of aryl methyl sites for hydroxylation is 1. The van der Waals surface area contributed by atoms with Crippen molar-refractivity contribution in [2.45, 2.75) is 32.0 Å². The molecule has 2 bridgehead atoms. The van der Waals surface area contributed by atoms with Crippen molar-refractivity contribution in [1.82, 2.24) is 0 Å². The van der Waals surface area contributed by atoms with Crippen LogP contribution in [0.2, 0.25) is 0 Å². The fourth-order valence-corrected chi connectivity index (χ4v) is 3.01. The Morgan fingerprint density at radius 3 is 2.63 bits per heavy atom. The highest BCUT2D eigenvalue weighted by Gasteiger charge is 2.33. The fraction of sp³-hybridized carbons (Fsp3) is 0.500. The molecule has 2 atom stereocenters. The fourth-order valence-electron chi connectivity index (χ4n) is 3.01. The van der Waals surface area contributed by atoms with E-state index >= 15 is 0 Å². The van der Waals surface area contributed by atoms with E-state index in [2.05, 4.69) is 16.1 Å². The Balaban J connectivity index is 1.84. The van der Waals surface area contributed by atoms with Gasteiger partial charge in [-0.2, -0.15) is 0 Å². The van der Waals surface area contributed by atoms with Gasteiger partial charge in [0, 0.05) is 24.3 Å². The first kappa shape index (κ1) is 12.3. The quantitative estimate of drug-likeness (QED) is 0.366. The molecule has 1 aromatic rings. The van der Waals surface area contributed by atoms with Gasteiger partial charge in [-0.05, 0) is 43.5 Å². The Bertz CT molecular complexity index is 503. The number of amidine groups is 1. The molecule has 0 saturated carbocycles. The highest BCUT2D eigenvalue weighted by molar-refractivity contribution is 5.98. The van der Waals surface area contributed by atoms with Crippen LogP contribution in [-0.2, 0) is 4.74 Å². The van der Waals surface area contributed by atoms with Crippen LogP contribution in [0.25, 0.3) is 0 Å². The van der Waals surface area contributed by atoms with E-state index in [4.69, 9.17) is 15.7 Å². The van der Waals surface area contributed by atoms with Crippen LogP contribution < -0.4 is 10.6 Å². The molecule has 2 fully saturated rings. The van der Waals surface area contributed by atoms with E-state index in [-0.39, 0.29) is 5.84 Å². The summed E-state index contributed by atoms with van der Waals surface area (Å²) in [7, 11) is 0. The zero-order chi connectivity index (χ0) is 13.4. The molecule has 3 N–H and O–H groups in total. The number of anilines is 1. The maximum absolute atomic E-state index is 8.74. The van der Waals surface area contributed by atoms with Crippen LogP contribution in [-0.4, -0.2) is 36.3 Å². The monoisotopic (exact) mass is 261 g/mol. The first-order chi connectivity index (χ1) is 9.17. The molecule has 102 valence electrons. The number of fused-ring (bicyclic) bond motifs is 2. The van der Waals surface area contributed by atoms with Gasteiger partial charge >= 0.3 is 0 Å². The Morgan fingerprint density at radius 2 is 2.05 bits per heavy atom. The molecule has 19 heavy (non-hydrogen) atoms. The molecular weight excluding hydrogens is 242 g/mol. The highest BCUT2D eigenvalue weighted by Crippen LogP contribution is 2.30. The number of ether oxygens (including phenoxy) is 1. The van der Waals surface area contributed by atoms with Gasteiger partial charge in [0.1, 0.15) is 0 Å². The van der Waals surface area contributed by atoms with E-state index in [9.17, 15) is 0 Å². The molecule has 0 radical (unpaired) electrons. The Morgan fingerprint density at radius 1 is 1.37 bits per heavy atom. The molecule has 5 heteroatoms. The zero-order valence-electron chi connectivity index (χ0n) is 11.0. The highest BCUT2D eigenvalue weighted by atomic mass is 16.5. The minimum absolute atomic E-state index is 0.158. The van der Waals surface area contributed by atoms with Crippen LogP contribution >= 0.6 is 0 Å². The van der Waals surface area contributed by atoms with Crippen molar-refractivity contribution in [3.63, 3.8) is 0 Å². The smallest absolute Gasteiger partial charge is 0.170 e. The summed E-state index contributed by atoms with van der Waals surface area (Å²) in [5, 5.41) is 11.8. The van der Waals surface area contributed by atoms with Gasteiger partial charge in [-0.3, -0.25) is 0 Å². The minimum atomic E-state index is 0.158. The molecule has 2 saturated heterocycles. The summed E-state index contributed by atoms with van der Waals surface area (Å²) in [5.74, 6) is 0.158. The molecule has 0 aromatic heterocycles. The number of oxime groups is 1. The predicted octanol–water partition coefficient (Wildman–Crippen LogP) is 1.46. The third-order valence-corrected chi connectivity index (χ3v) is 4.00. The van der Waals surface area contributed by atoms with E-state index in [0.717, 1.165) is 24.2 Å². The number of nitrogens with two attached hydrogens (primary N) is 1. The van der Waals surface area contributed by atoms with Crippen molar-refractivity contribution in [1.29, 1.82) is 0 Å². The number of benzene rings is 1. The molecule has 0 amide bonds. The molecular formula is C14H19N3O2. The summed E-state index contributed by atoms with van der Waals surface area (Å²) in [6.45, 7) is 3.89. The Labute approximate surface area is 112 Å². The van der Waals surface area contributed by atoms with E-state index in [0.29, 0.717) is 12.2 Å². The van der Waals surface area contributed by atoms with Crippen molar-refractivity contribution in [2.75, 3.05) is 18.0 Å². The molecule has 2 aliphatic heterocycles. The number of hydrogen-bond acceptors (Lipinski definition) is 4. The van der Waals surface area contributed by atoms with E-state index < -0.39 is 0 Å². The number of hydrogen-bond donors (Lipinski definition) is 2. The molecule has 0 spiro atoms. The average Bonchev–Trinajstić information content (AvgIpc) is 2.76. The van der Waals surface area contributed by atoms with Crippen LogP contribution in [0, 0.1) is 6.92 Å². The zero-order valence-corrected chi connectivity index (χ0v) is 11.0. The number of morpholine rings is 1. The van der Waals surface area contributed by atoms with Gasteiger partial charge in [-0.15, -0.1) is 0 Å². The molecule has 2 aliphatic rings. The van der Waals surface area contributed by atoms with E-state index in [1.165, 1.54) is 18.5 Å². The van der Waals surface area contributed by atoms with Gasteiger partial charge < -0.3 is 20.6 Å². The standard InChI is InChI=1S/C14H19N3O2/c1-9-6-10(2-5-13(9)14(15)16-18)17-7-11-3-4-12(8-17)19-11/h2,5-6,11-12,18H,3-4,7-8H2,1H3,(H2,15,16). The van der Waals surface area contributed by atoms with Crippen LogP contribution in [0.1, 0.15) is 24.0 Å². The first-order valence-electron chi connectivity index (χ1n) is 6.66. The van der Waals surface area contributed by atoms with Crippen LogP contribution in [0.15, 0.2) is 23.4 Å². The van der Waals surface area contributed by atoms with Gasteiger partial charge in [0.05, 0.1) is 12.2 Å². The lowest BCUT2D eigenvalue weighted by Crippen LogP contribution is -2.42. The largest absolute Gasteiger partial charge is 0.409 e. The summed E-state index contributed by atoms with van der Waals surface area (Å²) >= 11 is 0. The molecule has 1 aromatic carbocycles. The van der Waals surface area contributed by atoms with Crippen LogP contribution in [0.3, 0.4) is 0 Å². The van der Waals surface area contributed by atoms with Gasteiger partial charge in [0.25, 0.3) is 0 Å². The topological polar surface area (TPSA) is 71.1 Å². The molecule has 5 nitrogen and oxygen atoms in total. The van der Waals surface area contributed by atoms with Crippen molar-refractivity contribution in [3.8, 4) is 0 Å². The summed E-state index contributed by atoms with van der Waals surface area (Å²) in [4.78, 5) is 2.37. The summed E-state index contributed by atoms with van der Waals surface area (Å²) in [6.07, 6.45) is 3.09. The van der Waals surface area contributed by atoms with Crippen LogP contribution in [0.5, 0.6) is 0 Å². The molecule has 2 unspecified atom stereocenters. The van der Waals surface area contributed by atoms with Crippen molar-refractivity contribution >= 4 is 11.5 Å². The second kappa shape index (κ2) is 4.74. The van der Waals surface area contributed by atoms with Gasteiger partial charge in [0.15, 0.2) is 5.84 Å². The van der Waals surface area contributed by atoms with Crippen molar-refractivity contribution in [3.05, 3.63) is 29.3 Å². The van der Waals surface area contributed by atoms with E-state index in [1.807, 2.05) is 19.1 Å². The third kappa shape index (κ3) is 2.26. The SMILES string of the molecule is Cc1cc(N2CC3CCC(C2)O3)ccc1/C(N)=N/O.